The van der Waals surface area contributed by atoms with Gasteiger partial charge in [-0.3, -0.25) is 0 Å². The van der Waals surface area contributed by atoms with Gasteiger partial charge in [0, 0.05) is 12.0 Å². The minimum Gasteiger partial charge on any atom is -0.402 e. The summed E-state index contributed by atoms with van der Waals surface area (Å²) >= 11 is 0. The zero-order valence-electron chi connectivity index (χ0n) is 7.03. The molecule has 3 nitrogen and oxygen atoms in total. The van der Waals surface area contributed by atoms with Gasteiger partial charge in [0.15, 0.2) is 0 Å². The molecule has 0 aromatic heterocycles. The van der Waals surface area contributed by atoms with Gasteiger partial charge in [0.05, 0.1) is 5.75 Å². The normalized spacial score (nSPS) is 23.8. The molecule has 0 heterocycles. The fourth-order valence-electron chi connectivity index (χ4n) is 1.28. The molecule has 0 saturated heterocycles. The number of allylic oxidation sites excluding steroid dienone is 4. The first kappa shape index (κ1) is 9.32. The molecule has 0 aliphatic heterocycles. The van der Waals surface area contributed by atoms with Crippen LogP contribution in [0.3, 0.4) is 0 Å². The van der Waals surface area contributed by atoms with Crippen LogP contribution in [0.25, 0.3) is 0 Å². The van der Waals surface area contributed by atoms with Gasteiger partial charge in [-0.25, -0.2) is 8.42 Å². The zero-order valence-corrected chi connectivity index (χ0v) is 7.84. The predicted octanol–water partition coefficient (Wildman–Crippen LogP) is 0.450. The topological polar surface area (TPSA) is 60.2 Å². The van der Waals surface area contributed by atoms with E-state index in [9.17, 15) is 8.42 Å². The lowest BCUT2D eigenvalue weighted by Crippen LogP contribution is -2.17. The molecule has 0 bridgehead atoms. The van der Waals surface area contributed by atoms with Gasteiger partial charge in [0.2, 0.25) is 0 Å². The van der Waals surface area contributed by atoms with Crippen LogP contribution in [0.2, 0.25) is 0 Å². The monoisotopic (exact) mass is 187 g/mol. The van der Waals surface area contributed by atoms with Crippen molar-refractivity contribution in [2.24, 2.45) is 11.7 Å². The van der Waals surface area contributed by atoms with Crippen LogP contribution in [0.5, 0.6) is 0 Å². The van der Waals surface area contributed by atoms with Crippen molar-refractivity contribution in [1.82, 2.24) is 0 Å². The van der Waals surface area contributed by atoms with E-state index >= 15 is 0 Å². The van der Waals surface area contributed by atoms with E-state index in [1.54, 1.807) is 6.08 Å². The Hall–Kier alpha value is -0.770. The molecule has 1 aliphatic carbocycles. The minimum absolute atomic E-state index is 0.0602. The van der Waals surface area contributed by atoms with Crippen LogP contribution in [0.1, 0.15) is 6.42 Å². The summed E-state index contributed by atoms with van der Waals surface area (Å²) in [5, 5.41) is 0. The highest BCUT2D eigenvalue weighted by Crippen LogP contribution is 2.16. The van der Waals surface area contributed by atoms with Crippen LogP contribution in [0.4, 0.5) is 0 Å². The highest BCUT2D eigenvalue weighted by atomic mass is 32.2. The fourth-order valence-corrected chi connectivity index (χ4v) is 2.29. The quantitative estimate of drug-likeness (QED) is 0.682. The summed E-state index contributed by atoms with van der Waals surface area (Å²) in [6.07, 6.45) is 7.41. The summed E-state index contributed by atoms with van der Waals surface area (Å²) < 4.78 is 21.8. The molecule has 1 aliphatic rings. The Morgan fingerprint density at radius 3 is 2.83 bits per heavy atom. The van der Waals surface area contributed by atoms with Crippen molar-refractivity contribution >= 4 is 9.84 Å². The smallest absolute Gasteiger partial charge is 0.148 e. The van der Waals surface area contributed by atoms with Crippen LogP contribution >= 0.6 is 0 Å². The van der Waals surface area contributed by atoms with Crippen molar-refractivity contribution in [2.75, 3.05) is 12.0 Å². The average Bonchev–Trinajstić information content (AvgIpc) is 1.82. The Morgan fingerprint density at radius 1 is 1.67 bits per heavy atom. The second-order valence-corrected chi connectivity index (χ2v) is 5.37. The molecule has 0 radical (unpaired) electrons. The van der Waals surface area contributed by atoms with Crippen molar-refractivity contribution < 1.29 is 8.42 Å². The van der Waals surface area contributed by atoms with Gasteiger partial charge in [0.1, 0.15) is 9.84 Å². The van der Waals surface area contributed by atoms with E-state index < -0.39 is 9.84 Å². The largest absolute Gasteiger partial charge is 0.402 e. The van der Waals surface area contributed by atoms with Gasteiger partial charge in [-0.2, -0.15) is 0 Å². The maximum absolute atomic E-state index is 10.9. The van der Waals surface area contributed by atoms with Gasteiger partial charge >= 0.3 is 0 Å². The van der Waals surface area contributed by atoms with Gasteiger partial charge in [0.25, 0.3) is 0 Å². The maximum Gasteiger partial charge on any atom is 0.148 e. The van der Waals surface area contributed by atoms with E-state index in [1.165, 1.54) is 6.26 Å². The molecule has 68 valence electrons. The van der Waals surface area contributed by atoms with Crippen molar-refractivity contribution in [1.29, 1.82) is 0 Å². The minimum atomic E-state index is -2.88. The summed E-state index contributed by atoms with van der Waals surface area (Å²) in [5.74, 6) is 0.253. The third kappa shape index (κ3) is 3.09. The number of hydrogen-bond donors (Lipinski definition) is 1. The fraction of sp³-hybridized carbons (Fsp3) is 0.500. The Labute approximate surface area is 72.9 Å². The van der Waals surface area contributed by atoms with Crippen LogP contribution in [-0.2, 0) is 9.84 Å². The molecule has 1 atom stereocenters. The van der Waals surface area contributed by atoms with Gasteiger partial charge in [-0.05, 0) is 18.4 Å². The molecular formula is C8H13NO2S. The van der Waals surface area contributed by atoms with Crippen molar-refractivity contribution in [3.05, 3.63) is 23.9 Å². The van der Waals surface area contributed by atoms with Crippen molar-refractivity contribution in [3.63, 3.8) is 0 Å². The lowest BCUT2D eigenvalue weighted by Gasteiger charge is -2.14. The summed E-state index contributed by atoms with van der Waals surface area (Å²) in [5.41, 5.74) is 6.31. The van der Waals surface area contributed by atoms with Crippen LogP contribution in [0, 0.1) is 5.92 Å². The first-order valence-electron chi connectivity index (χ1n) is 3.78. The number of sulfone groups is 1. The molecule has 0 spiro atoms. The second-order valence-electron chi connectivity index (χ2n) is 3.18. The lowest BCUT2D eigenvalue weighted by atomic mass is 10.0. The van der Waals surface area contributed by atoms with E-state index in [-0.39, 0.29) is 11.7 Å². The number of rotatable bonds is 2. The van der Waals surface area contributed by atoms with Gasteiger partial charge < -0.3 is 5.73 Å². The molecule has 12 heavy (non-hydrogen) atoms. The molecule has 1 unspecified atom stereocenters. The first-order valence-corrected chi connectivity index (χ1v) is 5.84. The first-order chi connectivity index (χ1) is 5.47. The molecular weight excluding hydrogens is 174 g/mol. The Bertz CT molecular complexity index is 314. The molecule has 0 amide bonds. The van der Waals surface area contributed by atoms with E-state index in [2.05, 4.69) is 0 Å². The number of hydrogen-bond acceptors (Lipinski definition) is 3. The Balaban J connectivity index is 2.59. The molecule has 0 saturated carbocycles. The third-order valence-electron chi connectivity index (χ3n) is 1.71. The SMILES string of the molecule is CS(=O)(=O)CC1C=CC=C(N)C1. The molecule has 0 aromatic carbocycles. The second kappa shape index (κ2) is 3.31. The van der Waals surface area contributed by atoms with E-state index in [0.717, 1.165) is 5.70 Å². The van der Waals surface area contributed by atoms with Gasteiger partial charge in [-0.15, -0.1) is 0 Å². The molecule has 4 heteroatoms. The maximum atomic E-state index is 10.9. The van der Waals surface area contributed by atoms with Crippen LogP contribution < -0.4 is 5.73 Å². The predicted molar refractivity (Wildman–Crippen MR) is 49.2 cm³/mol. The standard InChI is InChI=1S/C8H13NO2S/c1-12(10,11)6-7-3-2-4-8(9)5-7/h2-4,7H,5-6,9H2,1H3. The Morgan fingerprint density at radius 2 is 2.33 bits per heavy atom. The van der Waals surface area contributed by atoms with E-state index in [1.807, 2.05) is 12.2 Å². The summed E-state index contributed by atoms with van der Waals surface area (Å²) in [7, 11) is -2.88. The highest BCUT2D eigenvalue weighted by Gasteiger charge is 2.14. The third-order valence-corrected chi connectivity index (χ3v) is 2.74. The van der Waals surface area contributed by atoms with Crippen LogP contribution in [-0.4, -0.2) is 20.4 Å². The van der Waals surface area contributed by atoms with Gasteiger partial charge in [-0.1, -0.05) is 12.2 Å². The summed E-state index contributed by atoms with van der Waals surface area (Å²) in [6.45, 7) is 0. The highest BCUT2D eigenvalue weighted by molar-refractivity contribution is 7.90. The van der Waals surface area contributed by atoms with E-state index in [0.29, 0.717) is 6.42 Å². The molecule has 0 aromatic rings. The van der Waals surface area contributed by atoms with Crippen LogP contribution in [0.15, 0.2) is 23.9 Å². The van der Waals surface area contributed by atoms with E-state index in [4.69, 9.17) is 5.73 Å². The summed E-state index contributed by atoms with van der Waals surface area (Å²) in [4.78, 5) is 0. The number of nitrogens with two attached hydrogens (primary N) is 1. The molecule has 0 fully saturated rings. The van der Waals surface area contributed by atoms with Crippen molar-refractivity contribution in [3.8, 4) is 0 Å². The average molecular weight is 187 g/mol. The lowest BCUT2D eigenvalue weighted by molar-refractivity contribution is 0.586. The molecule has 1 rings (SSSR count). The van der Waals surface area contributed by atoms with Crippen molar-refractivity contribution in [2.45, 2.75) is 6.42 Å². The Kier molecular flexibility index (Phi) is 2.57. The molecule has 2 N–H and O–H groups in total. The zero-order chi connectivity index (χ0) is 9.19. The summed E-state index contributed by atoms with van der Waals surface area (Å²) in [6, 6.07) is 0.